The number of nitrogens with zero attached hydrogens (tertiary/aromatic N) is 1. The maximum absolute atomic E-state index is 12.6. The molecular weight excluding hydrogens is 262 g/mol. The summed E-state index contributed by atoms with van der Waals surface area (Å²) in [5.41, 5.74) is 0.665. The highest BCUT2D eigenvalue weighted by molar-refractivity contribution is 6.38. The SMILES string of the molecule is CC(C)(Cc1cccc2ccccc12)C(=O)C1=NCCO1. The van der Waals surface area contributed by atoms with Crippen LogP contribution >= 0.6 is 0 Å². The predicted molar refractivity (Wildman–Crippen MR) is 84.7 cm³/mol. The minimum Gasteiger partial charge on any atom is -0.473 e. The number of hydrogen-bond donors (Lipinski definition) is 0. The van der Waals surface area contributed by atoms with E-state index < -0.39 is 5.41 Å². The quantitative estimate of drug-likeness (QED) is 0.861. The van der Waals surface area contributed by atoms with Crippen LogP contribution in [0.3, 0.4) is 0 Å². The van der Waals surface area contributed by atoms with Crippen LogP contribution in [0.2, 0.25) is 0 Å². The Morgan fingerprint density at radius 2 is 1.95 bits per heavy atom. The molecule has 2 aromatic rings. The first-order valence-electron chi connectivity index (χ1n) is 7.27. The molecule has 0 N–H and O–H groups in total. The number of carbonyl (C=O) groups excluding carboxylic acids is 1. The van der Waals surface area contributed by atoms with Gasteiger partial charge in [-0.05, 0) is 22.8 Å². The molecule has 1 heterocycles. The molecule has 2 aromatic carbocycles. The van der Waals surface area contributed by atoms with Crippen molar-refractivity contribution in [1.29, 1.82) is 0 Å². The van der Waals surface area contributed by atoms with Gasteiger partial charge in [-0.1, -0.05) is 56.3 Å². The van der Waals surface area contributed by atoms with E-state index in [4.69, 9.17) is 4.74 Å². The fourth-order valence-corrected chi connectivity index (χ4v) is 2.77. The lowest BCUT2D eigenvalue weighted by molar-refractivity contribution is -0.121. The van der Waals surface area contributed by atoms with Crippen molar-refractivity contribution in [3.8, 4) is 0 Å². The van der Waals surface area contributed by atoms with Crippen molar-refractivity contribution in [3.05, 3.63) is 48.0 Å². The van der Waals surface area contributed by atoms with Gasteiger partial charge < -0.3 is 4.74 Å². The van der Waals surface area contributed by atoms with Crippen molar-refractivity contribution in [3.63, 3.8) is 0 Å². The second-order valence-corrected chi connectivity index (χ2v) is 6.06. The lowest BCUT2D eigenvalue weighted by Crippen LogP contribution is -2.33. The Balaban J connectivity index is 1.92. The van der Waals surface area contributed by atoms with Gasteiger partial charge >= 0.3 is 0 Å². The molecule has 0 radical (unpaired) electrons. The number of ether oxygens (including phenoxy) is 1. The molecule has 1 aliphatic heterocycles. The molecule has 0 fully saturated rings. The second-order valence-electron chi connectivity index (χ2n) is 6.06. The third-order valence-electron chi connectivity index (χ3n) is 3.91. The molecule has 0 aliphatic carbocycles. The van der Waals surface area contributed by atoms with Gasteiger partial charge in [0.05, 0.1) is 6.54 Å². The zero-order chi connectivity index (χ0) is 14.9. The lowest BCUT2D eigenvalue weighted by Gasteiger charge is -2.23. The van der Waals surface area contributed by atoms with Gasteiger partial charge in [-0.25, -0.2) is 4.99 Å². The molecule has 3 heteroatoms. The van der Waals surface area contributed by atoms with E-state index in [1.807, 2.05) is 32.0 Å². The number of fused-ring (bicyclic) bond motifs is 1. The zero-order valence-corrected chi connectivity index (χ0v) is 12.4. The Bertz CT molecular complexity index is 711. The number of benzene rings is 2. The van der Waals surface area contributed by atoms with Crippen molar-refractivity contribution >= 4 is 22.5 Å². The number of aliphatic imine (C=N–C) groups is 1. The fourth-order valence-electron chi connectivity index (χ4n) is 2.77. The van der Waals surface area contributed by atoms with Crippen molar-refractivity contribution in [2.75, 3.05) is 13.2 Å². The van der Waals surface area contributed by atoms with Crippen LogP contribution < -0.4 is 0 Å². The lowest BCUT2D eigenvalue weighted by atomic mass is 9.80. The third-order valence-corrected chi connectivity index (χ3v) is 3.91. The molecule has 0 atom stereocenters. The Hall–Kier alpha value is -2.16. The molecule has 0 bridgehead atoms. The normalized spacial score (nSPS) is 14.9. The largest absolute Gasteiger partial charge is 0.473 e. The molecule has 0 unspecified atom stereocenters. The Morgan fingerprint density at radius 1 is 1.19 bits per heavy atom. The summed E-state index contributed by atoms with van der Waals surface area (Å²) in [6.45, 7) is 5.03. The molecule has 21 heavy (non-hydrogen) atoms. The van der Waals surface area contributed by atoms with Crippen LogP contribution in [0, 0.1) is 5.41 Å². The summed E-state index contributed by atoms with van der Waals surface area (Å²) >= 11 is 0. The van der Waals surface area contributed by atoms with Crippen LogP contribution in [0.25, 0.3) is 10.8 Å². The van der Waals surface area contributed by atoms with Crippen LogP contribution in [-0.4, -0.2) is 24.8 Å². The summed E-state index contributed by atoms with van der Waals surface area (Å²) in [5.74, 6) is 0.285. The van der Waals surface area contributed by atoms with E-state index in [0.29, 0.717) is 25.5 Å². The molecule has 3 rings (SSSR count). The maximum atomic E-state index is 12.6. The first-order chi connectivity index (χ1) is 10.1. The van der Waals surface area contributed by atoms with Gasteiger partial charge in [0.25, 0.3) is 5.90 Å². The summed E-state index contributed by atoms with van der Waals surface area (Å²) < 4.78 is 5.33. The molecule has 0 spiro atoms. The van der Waals surface area contributed by atoms with Gasteiger partial charge in [-0.3, -0.25) is 4.79 Å². The van der Waals surface area contributed by atoms with E-state index in [9.17, 15) is 4.79 Å². The minimum atomic E-state index is -0.521. The fraction of sp³-hybridized carbons (Fsp3) is 0.333. The van der Waals surface area contributed by atoms with Crippen molar-refractivity contribution in [1.82, 2.24) is 0 Å². The first-order valence-corrected chi connectivity index (χ1v) is 7.27. The first kappa shape index (κ1) is 13.8. The van der Waals surface area contributed by atoms with Crippen LogP contribution in [-0.2, 0) is 16.0 Å². The van der Waals surface area contributed by atoms with Crippen LogP contribution in [0.15, 0.2) is 47.5 Å². The summed E-state index contributed by atoms with van der Waals surface area (Å²) in [5, 5.41) is 2.41. The number of rotatable bonds is 4. The standard InChI is InChI=1S/C18H19NO2/c1-18(2,16(20)17-19-10-11-21-17)12-14-8-5-7-13-6-3-4-9-15(13)14/h3-9H,10-12H2,1-2H3. The van der Waals surface area contributed by atoms with E-state index in [1.54, 1.807) is 0 Å². The third kappa shape index (κ3) is 2.68. The highest BCUT2D eigenvalue weighted by Crippen LogP contribution is 2.29. The minimum absolute atomic E-state index is 0.00654. The monoisotopic (exact) mass is 281 g/mol. The summed E-state index contributed by atoms with van der Waals surface area (Å²) in [4.78, 5) is 16.7. The maximum Gasteiger partial charge on any atom is 0.254 e. The smallest absolute Gasteiger partial charge is 0.254 e. The molecule has 0 saturated heterocycles. The Kier molecular flexibility index (Phi) is 3.50. The van der Waals surface area contributed by atoms with Gasteiger partial charge in [0.1, 0.15) is 6.61 Å². The van der Waals surface area contributed by atoms with E-state index >= 15 is 0 Å². The molecule has 0 saturated carbocycles. The highest BCUT2D eigenvalue weighted by atomic mass is 16.5. The Labute approximate surface area is 124 Å². The van der Waals surface area contributed by atoms with Crippen LogP contribution in [0.4, 0.5) is 0 Å². The van der Waals surface area contributed by atoms with Gasteiger partial charge in [0.2, 0.25) is 5.78 Å². The average molecular weight is 281 g/mol. The molecule has 108 valence electrons. The summed E-state index contributed by atoms with van der Waals surface area (Å²) in [7, 11) is 0. The predicted octanol–water partition coefficient (Wildman–Crippen LogP) is 3.41. The van der Waals surface area contributed by atoms with Gasteiger partial charge in [-0.2, -0.15) is 0 Å². The molecule has 3 nitrogen and oxygen atoms in total. The van der Waals surface area contributed by atoms with Crippen molar-refractivity contribution in [2.24, 2.45) is 10.4 Å². The topological polar surface area (TPSA) is 38.7 Å². The van der Waals surface area contributed by atoms with E-state index in [1.165, 1.54) is 16.3 Å². The van der Waals surface area contributed by atoms with Crippen molar-refractivity contribution in [2.45, 2.75) is 20.3 Å². The molecule has 0 aromatic heterocycles. The molecular formula is C18H19NO2. The summed E-state index contributed by atoms with van der Waals surface area (Å²) in [6.07, 6.45) is 0.676. The second kappa shape index (κ2) is 5.32. The number of hydrogen-bond acceptors (Lipinski definition) is 3. The number of carbonyl (C=O) groups is 1. The van der Waals surface area contributed by atoms with Gasteiger partial charge in [-0.15, -0.1) is 0 Å². The average Bonchev–Trinajstić information content (AvgIpc) is 3.00. The van der Waals surface area contributed by atoms with Crippen LogP contribution in [0.5, 0.6) is 0 Å². The van der Waals surface area contributed by atoms with Crippen molar-refractivity contribution < 1.29 is 9.53 Å². The Morgan fingerprint density at radius 3 is 2.71 bits per heavy atom. The van der Waals surface area contributed by atoms with Gasteiger partial charge in [0.15, 0.2) is 0 Å². The number of ketones is 1. The van der Waals surface area contributed by atoms with E-state index in [0.717, 1.165) is 0 Å². The van der Waals surface area contributed by atoms with E-state index in [2.05, 4.69) is 29.3 Å². The summed E-state index contributed by atoms with van der Waals surface area (Å²) in [6, 6.07) is 14.5. The van der Waals surface area contributed by atoms with E-state index in [-0.39, 0.29) is 5.78 Å². The van der Waals surface area contributed by atoms with Gasteiger partial charge in [0, 0.05) is 5.41 Å². The number of Topliss-reactive ketones (excluding diaryl/α,β-unsaturated/α-hetero) is 1. The molecule has 1 aliphatic rings. The molecule has 0 amide bonds. The zero-order valence-electron chi connectivity index (χ0n) is 12.4. The van der Waals surface area contributed by atoms with Crippen LogP contribution in [0.1, 0.15) is 19.4 Å². The highest BCUT2D eigenvalue weighted by Gasteiger charge is 2.34.